The van der Waals surface area contributed by atoms with Crippen LogP contribution < -0.4 is 5.32 Å². The van der Waals surface area contributed by atoms with Gasteiger partial charge in [0.25, 0.3) is 0 Å². The summed E-state index contributed by atoms with van der Waals surface area (Å²) in [6, 6.07) is 5.01. The quantitative estimate of drug-likeness (QED) is 0.839. The Bertz CT molecular complexity index is 347. The summed E-state index contributed by atoms with van der Waals surface area (Å²) in [6.07, 6.45) is 3.36. The molecule has 90 valence electrons. The van der Waals surface area contributed by atoms with E-state index in [2.05, 4.69) is 51.5 Å². The molecule has 0 aliphatic carbocycles. The van der Waals surface area contributed by atoms with E-state index < -0.39 is 0 Å². The molecule has 0 spiro atoms. The number of thioether (sulfide) groups is 1. The molecule has 0 aliphatic rings. The van der Waals surface area contributed by atoms with Crippen LogP contribution in [0, 0.1) is 20.8 Å². The lowest BCUT2D eigenvalue weighted by Gasteiger charge is -2.20. The SMILES string of the molecule is CNC(CCSC)c1ccc(C)c(C)c1C. The van der Waals surface area contributed by atoms with Crippen LogP contribution in [0.25, 0.3) is 0 Å². The maximum atomic E-state index is 3.43. The van der Waals surface area contributed by atoms with Gasteiger partial charge in [-0.2, -0.15) is 11.8 Å². The van der Waals surface area contributed by atoms with Crippen molar-refractivity contribution in [2.45, 2.75) is 33.2 Å². The topological polar surface area (TPSA) is 12.0 Å². The normalized spacial score (nSPS) is 12.8. The predicted molar refractivity (Wildman–Crippen MR) is 75.5 cm³/mol. The molecule has 0 aromatic heterocycles. The maximum absolute atomic E-state index is 3.43. The van der Waals surface area contributed by atoms with Gasteiger partial charge in [-0.15, -0.1) is 0 Å². The van der Waals surface area contributed by atoms with Crippen LogP contribution in [-0.4, -0.2) is 19.1 Å². The highest BCUT2D eigenvalue weighted by Crippen LogP contribution is 2.25. The van der Waals surface area contributed by atoms with Crippen LogP contribution in [0.15, 0.2) is 12.1 Å². The van der Waals surface area contributed by atoms with Crippen molar-refractivity contribution in [2.24, 2.45) is 0 Å². The zero-order valence-corrected chi connectivity index (χ0v) is 11.9. The fourth-order valence-corrected chi connectivity index (χ4v) is 2.52. The van der Waals surface area contributed by atoms with Crippen molar-refractivity contribution in [1.29, 1.82) is 0 Å². The van der Waals surface area contributed by atoms with Gasteiger partial charge in [0.1, 0.15) is 0 Å². The molecule has 1 nitrogen and oxygen atoms in total. The smallest absolute Gasteiger partial charge is 0.0328 e. The monoisotopic (exact) mass is 237 g/mol. The summed E-state index contributed by atoms with van der Waals surface area (Å²) < 4.78 is 0. The van der Waals surface area contributed by atoms with E-state index in [0.717, 1.165) is 0 Å². The van der Waals surface area contributed by atoms with E-state index in [1.165, 1.54) is 34.4 Å². The van der Waals surface area contributed by atoms with Crippen molar-refractivity contribution in [3.63, 3.8) is 0 Å². The van der Waals surface area contributed by atoms with Gasteiger partial charge in [-0.25, -0.2) is 0 Å². The predicted octanol–water partition coefficient (Wildman–Crippen LogP) is 3.63. The Morgan fingerprint density at radius 3 is 2.44 bits per heavy atom. The Balaban J connectivity index is 2.96. The third-order valence-electron chi connectivity index (χ3n) is 3.43. The summed E-state index contributed by atoms with van der Waals surface area (Å²) in [5.74, 6) is 1.21. The molecule has 2 heteroatoms. The first-order chi connectivity index (χ1) is 7.61. The molecular formula is C14H23NS. The second-order valence-corrected chi connectivity index (χ2v) is 5.33. The van der Waals surface area contributed by atoms with Crippen LogP contribution in [0.4, 0.5) is 0 Å². The van der Waals surface area contributed by atoms with Gasteiger partial charge in [0.15, 0.2) is 0 Å². The molecule has 0 heterocycles. The number of hydrogen-bond donors (Lipinski definition) is 1. The minimum absolute atomic E-state index is 0.492. The fraction of sp³-hybridized carbons (Fsp3) is 0.571. The van der Waals surface area contributed by atoms with Gasteiger partial charge in [-0.3, -0.25) is 0 Å². The van der Waals surface area contributed by atoms with E-state index in [9.17, 15) is 0 Å². The molecule has 1 N–H and O–H groups in total. The Morgan fingerprint density at radius 2 is 1.88 bits per heavy atom. The van der Waals surface area contributed by atoms with Gasteiger partial charge in [-0.05, 0) is 68.5 Å². The summed E-state index contributed by atoms with van der Waals surface area (Å²) in [5.41, 5.74) is 5.72. The number of aryl methyl sites for hydroxylation is 1. The molecule has 1 aromatic rings. The second kappa shape index (κ2) is 6.31. The third-order valence-corrected chi connectivity index (χ3v) is 4.08. The third kappa shape index (κ3) is 3.02. The first-order valence-corrected chi connectivity index (χ1v) is 7.24. The van der Waals surface area contributed by atoms with Crippen LogP contribution >= 0.6 is 11.8 Å². The van der Waals surface area contributed by atoms with Crippen molar-refractivity contribution in [2.75, 3.05) is 19.1 Å². The number of hydrogen-bond acceptors (Lipinski definition) is 2. The Labute approximate surface area is 104 Å². The molecule has 0 saturated heterocycles. The Hall–Kier alpha value is -0.470. The summed E-state index contributed by atoms with van der Waals surface area (Å²) in [4.78, 5) is 0. The maximum Gasteiger partial charge on any atom is 0.0328 e. The lowest BCUT2D eigenvalue weighted by molar-refractivity contribution is 0.578. The highest BCUT2D eigenvalue weighted by Gasteiger charge is 2.13. The molecule has 1 atom stereocenters. The van der Waals surface area contributed by atoms with Crippen LogP contribution in [0.3, 0.4) is 0 Å². The average molecular weight is 237 g/mol. The molecular weight excluding hydrogens is 214 g/mol. The standard InChI is InChI=1S/C14H23NS/c1-10-6-7-13(12(3)11(10)2)14(15-4)8-9-16-5/h6-7,14-15H,8-9H2,1-5H3. The van der Waals surface area contributed by atoms with Gasteiger partial charge in [0.05, 0.1) is 0 Å². The van der Waals surface area contributed by atoms with E-state index in [-0.39, 0.29) is 0 Å². The van der Waals surface area contributed by atoms with Crippen LogP contribution in [0.2, 0.25) is 0 Å². The lowest BCUT2D eigenvalue weighted by atomic mass is 9.93. The summed E-state index contributed by atoms with van der Waals surface area (Å²) in [6.45, 7) is 6.64. The van der Waals surface area contributed by atoms with Crippen LogP contribution in [-0.2, 0) is 0 Å². The first kappa shape index (κ1) is 13.6. The Morgan fingerprint density at radius 1 is 1.19 bits per heavy atom. The van der Waals surface area contributed by atoms with Gasteiger partial charge in [0.2, 0.25) is 0 Å². The van der Waals surface area contributed by atoms with Crippen molar-refractivity contribution in [3.05, 3.63) is 34.4 Å². The summed E-state index contributed by atoms with van der Waals surface area (Å²) in [7, 11) is 2.06. The Kier molecular flexibility index (Phi) is 5.36. The molecule has 0 fully saturated rings. The molecule has 0 aliphatic heterocycles. The van der Waals surface area contributed by atoms with Gasteiger partial charge < -0.3 is 5.32 Å². The van der Waals surface area contributed by atoms with E-state index in [1.807, 2.05) is 11.8 Å². The molecule has 1 rings (SSSR count). The average Bonchev–Trinajstić information content (AvgIpc) is 2.29. The summed E-state index contributed by atoms with van der Waals surface area (Å²) in [5, 5.41) is 3.43. The molecule has 0 saturated carbocycles. The van der Waals surface area contributed by atoms with Crippen LogP contribution in [0.1, 0.15) is 34.7 Å². The lowest BCUT2D eigenvalue weighted by Crippen LogP contribution is -2.18. The molecule has 1 unspecified atom stereocenters. The largest absolute Gasteiger partial charge is 0.313 e. The van der Waals surface area contributed by atoms with Gasteiger partial charge >= 0.3 is 0 Å². The van der Waals surface area contributed by atoms with Crippen molar-refractivity contribution in [3.8, 4) is 0 Å². The second-order valence-electron chi connectivity index (χ2n) is 4.34. The minimum atomic E-state index is 0.492. The highest BCUT2D eigenvalue weighted by atomic mass is 32.2. The van der Waals surface area contributed by atoms with Gasteiger partial charge in [0, 0.05) is 6.04 Å². The van der Waals surface area contributed by atoms with E-state index in [0.29, 0.717) is 6.04 Å². The zero-order chi connectivity index (χ0) is 12.1. The molecule has 1 aromatic carbocycles. The summed E-state index contributed by atoms with van der Waals surface area (Å²) >= 11 is 1.91. The number of rotatable bonds is 5. The van der Waals surface area contributed by atoms with E-state index >= 15 is 0 Å². The van der Waals surface area contributed by atoms with Gasteiger partial charge in [-0.1, -0.05) is 12.1 Å². The van der Waals surface area contributed by atoms with Crippen molar-refractivity contribution >= 4 is 11.8 Å². The molecule has 0 radical (unpaired) electrons. The minimum Gasteiger partial charge on any atom is -0.313 e. The van der Waals surface area contributed by atoms with Crippen LogP contribution in [0.5, 0.6) is 0 Å². The fourth-order valence-electron chi connectivity index (χ4n) is 2.05. The molecule has 0 bridgehead atoms. The molecule has 16 heavy (non-hydrogen) atoms. The van der Waals surface area contributed by atoms with E-state index in [4.69, 9.17) is 0 Å². The number of benzene rings is 1. The first-order valence-electron chi connectivity index (χ1n) is 5.84. The molecule has 0 amide bonds. The van der Waals surface area contributed by atoms with Crippen molar-refractivity contribution < 1.29 is 0 Å². The number of nitrogens with one attached hydrogen (secondary N) is 1. The zero-order valence-electron chi connectivity index (χ0n) is 11.1. The van der Waals surface area contributed by atoms with E-state index in [1.54, 1.807) is 0 Å². The highest BCUT2D eigenvalue weighted by molar-refractivity contribution is 7.98. The van der Waals surface area contributed by atoms with Crippen molar-refractivity contribution in [1.82, 2.24) is 5.32 Å².